The maximum absolute atomic E-state index is 8.24. The van der Waals surface area contributed by atoms with E-state index in [1.807, 2.05) is 0 Å². The normalized spacial score (nSPS) is 10.8. The largest absolute Gasteiger partial charge is 0.394 e. The van der Waals surface area contributed by atoms with Crippen LogP contribution in [0, 0.1) is 0 Å². The Morgan fingerprint density at radius 3 is 3.00 bits per heavy atom. The molecule has 0 aliphatic rings. The highest BCUT2D eigenvalue weighted by Gasteiger charge is 1.73. The number of aliphatic hydroxyl groups is 1. The van der Waals surface area contributed by atoms with Gasteiger partial charge < -0.3 is 5.11 Å². The van der Waals surface area contributed by atoms with Gasteiger partial charge in [-0.05, 0) is 5.75 Å². The van der Waals surface area contributed by atoms with Crippen LogP contribution < -0.4 is 0 Å². The number of aliphatic hydroxyl groups excluding tert-OH is 1. The van der Waals surface area contributed by atoms with Crippen molar-refractivity contribution in [2.24, 2.45) is 4.99 Å². The predicted molar refractivity (Wildman–Crippen MR) is 38.6 cm³/mol. The van der Waals surface area contributed by atoms with E-state index in [0.29, 0.717) is 6.54 Å². The Labute approximate surface area is 54.0 Å². The molecule has 0 bridgehead atoms. The lowest BCUT2D eigenvalue weighted by molar-refractivity contribution is 0.307. The van der Waals surface area contributed by atoms with Gasteiger partial charge in [0.1, 0.15) is 0 Å². The fourth-order valence-corrected chi connectivity index (χ4v) is 0.598. The molecule has 2 nitrogen and oxygen atoms in total. The third kappa shape index (κ3) is 5.98. The van der Waals surface area contributed by atoms with E-state index in [-0.39, 0.29) is 6.61 Å². The molecule has 0 amide bonds. The Bertz CT molecular complexity index is 57.4. The maximum atomic E-state index is 8.24. The number of hydrogen-bond acceptors (Lipinski definition) is 3. The zero-order chi connectivity index (χ0) is 6.24. The summed E-state index contributed by atoms with van der Waals surface area (Å²) >= 11 is 1.65. The highest BCUT2D eigenvalue weighted by Crippen LogP contribution is 1.90. The van der Waals surface area contributed by atoms with E-state index in [4.69, 9.17) is 5.11 Å². The predicted octanol–water partition coefficient (Wildman–Crippen LogP) is 0.760. The Morgan fingerprint density at radius 2 is 2.50 bits per heavy atom. The average Bonchev–Trinajstić information content (AvgIpc) is 1.81. The molecule has 0 saturated carbocycles. The minimum Gasteiger partial charge on any atom is -0.394 e. The van der Waals surface area contributed by atoms with Crippen molar-refractivity contribution in [1.82, 2.24) is 0 Å². The number of rotatable bonds is 4. The lowest BCUT2D eigenvalue weighted by Crippen LogP contribution is -1.85. The van der Waals surface area contributed by atoms with Crippen molar-refractivity contribution in [1.29, 1.82) is 0 Å². The van der Waals surface area contributed by atoms with Gasteiger partial charge in [-0.25, -0.2) is 0 Å². The molecule has 0 aromatic carbocycles. The summed E-state index contributed by atoms with van der Waals surface area (Å²) in [6.07, 6.45) is 0. The van der Waals surface area contributed by atoms with Crippen molar-refractivity contribution in [3.8, 4) is 0 Å². The molecular weight excluding hydrogens is 122 g/mol. The molecule has 0 rings (SSSR count). The Kier molecular flexibility index (Phi) is 6.96. The van der Waals surface area contributed by atoms with E-state index in [0.717, 1.165) is 5.75 Å². The van der Waals surface area contributed by atoms with Gasteiger partial charge in [-0.15, -0.1) is 11.8 Å². The monoisotopic (exact) mass is 133 g/mol. The molecule has 0 radical (unpaired) electrons. The van der Waals surface area contributed by atoms with Gasteiger partial charge in [0.15, 0.2) is 0 Å². The van der Waals surface area contributed by atoms with Crippen molar-refractivity contribution in [2.45, 2.75) is 6.92 Å². The van der Waals surface area contributed by atoms with E-state index in [1.54, 1.807) is 17.3 Å². The summed E-state index contributed by atoms with van der Waals surface area (Å²) in [6.45, 7) is 2.75. The first-order chi connectivity index (χ1) is 3.91. The van der Waals surface area contributed by atoms with Gasteiger partial charge in [-0.1, -0.05) is 6.92 Å². The standard InChI is InChI=1S/C5H11NOS/c1-2-8-5-6-3-4-7/h5,7H,2-4H2,1H3/b6-5-. The molecule has 0 heterocycles. The van der Waals surface area contributed by atoms with Crippen LogP contribution in [0.2, 0.25) is 0 Å². The first kappa shape index (κ1) is 7.98. The Hall–Kier alpha value is -0.0200. The van der Waals surface area contributed by atoms with Crippen LogP contribution in [-0.2, 0) is 0 Å². The first-order valence-corrected chi connectivity index (χ1v) is 3.67. The molecule has 0 aliphatic heterocycles. The van der Waals surface area contributed by atoms with E-state index >= 15 is 0 Å². The van der Waals surface area contributed by atoms with Crippen LogP contribution in [0.3, 0.4) is 0 Å². The van der Waals surface area contributed by atoms with Gasteiger partial charge in [0.2, 0.25) is 0 Å². The second-order valence-electron chi connectivity index (χ2n) is 1.19. The number of aliphatic imine (C=N–C) groups is 1. The van der Waals surface area contributed by atoms with Gasteiger partial charge in [-0.2, -0.15) is 0 Å². The SMILES string of the molecule is CCS/C=N\CCO. The zero-order valence-electron chi connectivity index (χ0n) is 5.00. The molecule has 0 spiro atoms. The molecule has 0 aromatic heterocycles. The minimum absolute atomic E-state index is 0.154. The molecule has 1 N–H and O–H groups in total. The summed E-state index contributed by atoms with van der Waals surface area (Å²) in [4.78, 5) is 3.87. The van der Waals surface area contributed by atoms with Crippen LogP contribution in [0.1, 0.15) is 6.92 Å². The molecule has 0 aliphatic carbocycles. The number of nitrogens with zero attached hydrogens (tertiary/aromatic N) is 1. The van der Waals surface area contributed by atoms with Gasteiger partial charge in [0.05, 0.1) is 18.7 Å². The first-order valence-electron chi connectivity index (χ1n) is 2.62. The average molecular weight is 133 g/mol. The molecule has 0 atom stereocenters. The van der Waals surface area contributed by atoms with Crippen LogP contribution in [0.4, 0.5) is 0 Å². The lowest BCUT2D eigenvalue weighted by Gasteiger charge is -1.83. The summed E-state index contributed by atoms with van der Waals surface area (Å²) in [5.74, 6) is 1.05. The van der Waals surface area contributed by atoms with Gasteiger partial charge >= 0.3 is 0 Å². The van der Waals surface area contributed by atoms with Gasteiger partial charge in [-0.3, -0.25) is 4.99 Å². The minimum atomic E-state index is 0.154. The molecule has 0 saturated heterocycles. The second kappa shape index (κ2) is 6.98. The highest BCUT2D eigenvalue weighted by atomic mass is 32.2. The van der Waals surface area contributed by atoms with Gasteiger partial charge in [0.25, 0.3) is 0 Å². The van der Waals surface area contributed by atoms with E-state index in [2.05, 4.69) is 11.9 Å². The summed E-state index contributed by atoms with van der Waals surface area (Å²) in [7, 11) is 0. The fourth-order valence-electron chi connectivity index (χ4n) is 0.238. The third-order valence-corrected chi connectivity index (χ3v) is 1.18. The smallest absolute Gasteiger partial charge is 0.0627 e. The molecule has 0 unspecified atom stereocenters. The fraction of sp³-hybridized carbons (Fsp3) is 0.800. The van der Waals surface area contributed by atoms with Crippen LogP contribution in [0.5, 0.6) is 0 Å². The highest BCUT2D eigenvalue weighted by molar-refractivity contribution is 8.12. The van der Waals surface area contributed by atoms with Crippen LogP contribution in [-0.4, -0.2) is 29.6 Å². The van der Waals surface area contributed by atoms with Crippen molar-refractivity contribution in [3.63, 3.8) is 0 Å². The van der Waals surface area contributed by atoms with Crippen LogP contribution in [0.25, 0.3) is 0 Å². The molecule has 0 aromatic rings. The van der Waals surface area contributed by atoms with Crippen molar-refractivity contribution in [2.75, 3.05) is 18.9 Å². The van der Waals surface area contributed by atoms with Crippen molar-refractivity contribution >= 4 is 17.3 Å². The molecular formula is C5H11NOS. The molecule has 48 valence electrons. The van der Waals surface area contributed by atoms with Crippen molar-refractivity contribution in [3.05, 3.63) is 0 Å². The summed E-state index contributed by atoms with van der Waals surface area (Å²) in [5.41, 5.74) is 1.77. The van der Waals surface area contributed by atoms with E-state index in [9.17, 15) is 0 Å². The van der Waals surface area contributed by atoms with Gasteiger partial charge in [0, 0.05) is 0 Å². The number of hydrogen-bond donors (Lipinski definition) is 1. The quantitative estimate of drug-likeness (QED) is 0.453. The molecule has 3 heteroatoms. The summed E-state index contributed by atoms with van der Waals surface area (Å²) in [5, 5.41) is 8.24. The van der Waals surface area contributed by atoms with Crippen LogP contribution >= 0.6 is 11.8 Å². The van der Waals surface area contributed by atoms with E-state index in [1.165, 1.54) is 0 Å². The third-order valence-electron chi connectivity index (χ3n) is 0.545. The van der Waals surface area contributed by atoms with E-state index < -0.39 is 0 Å². The maximum Gasteiger partial charge on any atom is 0.0627 e. The lowest BCUT2D eigenvalue weighted by atomic mass is 10.7. The summed E-state index contributed by atoms with van der Waals surface area (Å²) in [6, 6.07) is 0. The molecule has 8 heavy (non-hydrogen) atoms. The molecule has 0 fully saturated rings. The zero-order valence-corrected chi connectivity index (χ0v) is 5.82. The van der Waals surface area contributed by atoms with Crippen LogP contribution in [0.15, 0.2) is 4.99 Å². The number of thioether (sulfide) groups is 1. The Morgan fingerprint density at radius 1 is 1.75 bits per heavy atom. The summed E-state index contributed by atoms with van der Waals surface area (Å²) < 4.78 is 0. The Balaban J connectivity index is 2.83. The second-order valence-corrected chi connectivity index (χ2v) is 2.31. The topological polar surface area (TPSA) is 32.6 Å². The van der Waals surface area contributed by atoms with Crippen molar-refractivity contribution < 1.29 is 5.11 Å².